The van der Waals surface area contributed by atoms with Crippen molar-refractivity contribution >= 4 is 22.6 Å². The summed E-state index contributed by atoms with van der Waals surface area (Å²) in [5.41, 5.74) is -0.414. The molecular weight excluding hydrogens is 367 g/mol. The summed E-state index contributed by atoms with van der Waals surface area (Å²) in [5.74, 6) is -2.03. The first kappa shape index (κ1) is 17.6. The number of aromatic carboxylic acids is 1. The Kier molecular flexibility index (Phi) is 3.79. The predicted octanol–water partition coefficient (Wildman–Crippen LogP) is 1.94. The number of hydrogen-bond acceptors (Lipinski definition) is 5. The first-order valence-corrected chi connectivity index (χ1v) is 9.65. The second kappa shape index (κ2) is 6.02. The standard InChI is InChI=1S/C20H21FN2O5/c21-13-7-11-16(23(9-3-4-9)8-12(18(11)25)20(27)28)15-17(13)22-5-1-2-10(22)6-14(24)19(15)26/h7-10,14,19,24,26H,1-6H2,(H,27,28). The van der Waals surface area contributed by atoms with Crippen molar-refractivity contribution in [3.63, 3.8) is 0 Å². The second-order valence-electron chi connectivity index (χ2n) is 8.07. The van der Waals surface area contributed by atoms with Gasteiger partial charge in [-0.15, -0.1) is 0 Å². The second-order valence-corrected chi connectivity index (χ2v) is 8.07. The van der Waals surface area contributed by atoms with E-state index < -0.39 is 35.0 Å². The fourth-order valence-electron chi connectivity index (χ4n) is 4.85. The summed E-state index contributed by atoms with van der Waals surface area (Å²) in [7, 11) is 0. The smallest absolute Gasteiger partial charge is 0.341 e. The van der Waals surface area contributed by atoms with E-state index in [9.17, 15) is 24.9 Å². The van der Waals surface area contributed by atoms with Gasteiger partial charge in [0.2, 0.25) is 5.43 Å². The van der Waals surface area contributed by atoms with E-state index in [0.717, 1.165) is 31.7 Å². The van der Waals surface area contributed by atoms with E-state index in [-0.39, 0.29) is 28.7 Å². The molecule has 1 aromatic heterocycles. The third-order valence-electron chi connectivity index (χ3n) is 6.29. The molecule has 0 amide bonds. The molecule has 3 heterocycles. The molecule has 2 aromatic rings. The highest BCUT2D eigenvalue weighted by atomic mass is 19.1. The zero-order valence-electron chi connectivity index (χ0n) is 15.1. The van der Waals surface area contributed by atoms with Crippen LogP contribution in [0, 0.1) is 5.82 Å². The van der Waals surface area contributed by atoms with Crippen LogP contribution in [0.15, 0.2) is 17.1 Å². The minimum atomic E-state index is -1.36. The molecule has 1 aliphatic carbocycles. The summed E-state index contributed by atoms with van der Waals surface area (Å²) in [6, 6.07) is 1.02. The van der Waals surface area contributed by atoms with Crippen LogP contribution in [-0.4, -0.2) is 44.5 Å². The summed E-state index contributed by atoms with van der Waals surface area (Å²) < 4.78 is 16.9. The van der Waals surface area contributed by atoms with Crippen LogP contribution in [0.4, 0.5) is 10.1 Å². The van der Waals surface area contributed by atoms with Crippen molar-refractivity contribution in [1.82, 2.24) is 4.57 Å². The van der Waals surface area contributed by atoms with Gasteiger partial charge in [0.05, 0.1) is 22.7 Å². The monoisotopic (exact) mass is 388 g/mol. The number of nitrogens with zero attached hydrogens (tertiary/aromatic N) is 2. The van der Waals surface area contributed by atoms with E-state index in [1.165, 1.54) is 6.20 Å². The molecule has 2 fully saturated rings. The van der Waals surface area contributed by atoms with Gasteiger partial charge in [0.25, 0.3) is 0 Å². The maximum absolute atomic E-state index is 15.3. The number of aliphatic hydroxyl groups excluding tert-OH is 2. The number of carboxylic acids is 1. The summed E-state index contributed by atoms with van der Waals surface area (Å²) in [5, 5.41) is 30.8. The SMILES string of the molecule is O=C(O)c1cn(C2CC2)c2c3c(c(F)cc2c1=O)N1CCCC1CC(O)C3O. The number of aliphatic hydroxyl groups is 2. The van der Waals surface area contributed by atoms with Crippen LogP contribution in [0.5, 0.6) is 0 Å². The average molecular weight is 388 g/mol. The molecule has 5 rings (SSSR count). The van der Waals surface area contributed by atoms with E-state index in [1.807, 2.05) is 4.90 Å². The van der Waals surface area contributed by atoms with Crippen molar-refractivity contribution in [1.29, 1.82) is 0 Å². The van der Waals surface area contributed by atoms with Gasteiger partial charge in [-0.05, 0) is 38.2 Å². The number of rotatable bonds is 2. The molecule has 28 heavy (non-hydrogen) atoms. The molecule has 7 nitrogen and oxygen atoms in total. The summed E-state index contributed by atoms with van der Waals surface area (Å²) in [6.07, 6.45) is 2.47. The number of carboxylic acid groups (broad SMARTS) is 1. The molecule has 1 saturated heterocycles. The molecule has 3 unspecified atom stereocenters. The minimum absolute atomic E-state index is 0.00210. The maximum atomic E-state index is 15.3. The fourth-order valence-corrected chi connectivity index (χ4v) is 4.85. The third-order valence-corrected chi connectivity index (χ3v) is 6.29. The molecule has 1 saturated carbocycles. The molecule has 3 N–H and O–H groups in total. The lowest BCUT2D eigenvalue weighted by atomic mass is 9.96. The number of carbonyl (C=O) groups is 1. The fraction of sp³-hybridized carbons (Fsp3) is 0.500. The van der Waals surface area contributed by atoms with Crippen LogP contribution in [-0.2, 0) is 0 Å². The molecule has 0 spiro atoms. The normalized spacial score (nSPS) is 26.8. The molecule has 0 radical (unpaired) electrons. The van der Waals surface area contributed by atoms with Gasteiger partial charge in [0, 0.05) is 30.4 Å². The summed E-state index contributed by atoms with van der Waals surface area (Å²) >= 11 is 0. The third kappa shape index (κ3) is 2.41. The Morgan fingerprint density at radius 3 is 2.61 bits per heavy atom. The van der Waals surface area contributed by atoms with Crippen molar-refractivity contribution in [2.45, 2.75) is 56.4 Å². The lowest BCUT2D eigenvalue weighted by molar-refractivity contribution is 0.0137. The minimum Gasteiger partial charge on any atom is -0.477 e. The van der Waals surface area contributed by atoms with Gasteiger partial charge >= 0.3 is 5.97 Å². The molecule has 148 valence electrons. The van der Waals surface area contributed by atoms with Gasteiger partial charge in [0.1, 0.15) is 17.5 Å². The topological polar surface area (TPSA) is 103 Å². The Morgan fingerprint density at radius 1 is 1.18 bits per heavy atom. The van der Waals surface area contributed by atoms with Crippen LogP contribution >= 0.6 is 0 Å². The highest BCUT2D eigenvalue weighted by Crippen LogP contribution is 2.46. The van der Waals surface area contributed by atoms with Gasteiger partial charge in [-0.1, -0.05) is 0 Å². The number of hydrogen-bond donors (Lipinski definition) is 3. The number of pyridine rings is 1. The number of halogens is 1. The molecule has 3 atom stereocenters. The largest absolute Gasteiger partial charge is 0.477 e. The van der Waals surface area contributed by atoms with Crippen molar-refractivity contribution in [2.24, 2.45) is 0 Å². The maximum Gasteiger partial charge on any atom is 0.341 e. The van der Waals surface area contributed by atoms with Gasteiger partial charge < -0.3 is 24.8 Å². The quantitative estimate of drug-likeness (QED) is 0.727. The molecule has 0 bridgehead atoms. The van der Waals surface area contributed by atoms with Crippen LogP contribution in [0.1, 0.15) is 60.2 Å². The lowest BCUT2D eigenvalue weighted by Crippen LogP contribution is -2.31. The zero-order chi connectivity index (χ0) is 19.7. The molecule has 3 aliphatic rings. The highest BCUT2D eigenvalue weighted by Gasteiger charge is 2.41. The van der Waals surface area contributed by atoms with Gasteiger partial charge in [-0.25, -0.2) is 9.18 Å². The van der Waals surface area contributed by atoms with Gasteiger partial charge in [-0.3, -0.25) is 4.79 Å². The van der Waals surface area contributed by atoms with E-state index in [2.05, 4.69) is 0 Å². The highest BCUT2D eigenvalue weighted by molar-refractivity contribution is 5.95. The average Bonchev–Trinajstić information content (AvgIpc) is 3.41. The van der Waals surface area contributed by atoms with Crippen molar-refractivity contribution in [2.75, 3.05) is 11.4 Å². The molecular formula is C20H21FN2O5. The van der Waals surface area contributed by atoms with E-state index >= 15 is 4.39 Å². The predicted molar refractivity (Wildman–Crippen MR) is 99.3 cm³/mol. The Hall–Kier alpha value is -2.45. The van der Waals surface area contributed by atoms with Crippen LogP contribution < -0.4 is 10.3 Å². The van der Waals surface area contributed by atoms with Crippen molar-refractivity contribution in [3.8, 4) is 0 Å². The first-order chi connectivity index (χ1) is 13.4. The van der Waals surface area contributed by atoms with Crippen molar-refractivity contribution in [3.05, 3.63) is 39.4 Å². The Labute approximate surface area is 159 Å². The number of fused-ring (bicyclic) bond motifs is 5. The van der Waals surface area contributed by atoms with Crippen LogP contribution in [0.3, 0.4) is 0 Å². The lowest BCUT2D eigenvalue weighted by Gasteiger charge is -2.28. The van der Waals surface area contributed by atoms with Gasteiger partial charge in [-0.2, -0.15) is 0 Å². The number of benzene rings is 1. The van der Waals surface area contributed by atoms with Gasteiger partial charge in [0.15, 0.2) is 0 Å². The summed E-state index contributed by atoms with van der Waals surface area (Å²) in [4.78, 5) is 26.2. The number of aromatic nitrogens is 1. The van der Waals surface area contributed by atoms with E-state index in [4.69, 9.17) is 0 Å². The molecule has 2 aliphatic heterocycles. The Morgan fingerprint density at radius 2 is 1.93 bits per heavy atom. The van der Waals surface area contributed by atoms with Crippen molar-refractivity contribution < 1.29 is 24.5 Å². The molecule has 1 aromatic carbocycles. The van der Waals surface area contributed by atoms with E-state index in [1.54, 1.807) is 4.57 Å². The zero-order valence-corrected chi connectivity index (χ0v) is 15.1. The van der Waals surface area contributed by atoms with Crippen LogP contribution in [0.2, 0.25) is 0 Å². The first-order valence-electron chi connectivity index (χ1n) is 9.65. The summed E-state index contributed by atoms with van der Waals surface area (Å²) in [6.45, 7) is 0.612. The van der Waals surface area contributed by atoms with Crippen LogP contribution in [0.25, 0.3) is 10.9 Å². The Balaban J connectivity index is 1.92. The number of anilines is 1. The molecule has 8 heteroatoms. The Bertz CT molecular complexity index is 1060. The van der Waals surface area contributed by atoms with E-state index in [0.29, 0.717) is 18.5 Å².